The molecule has 1 nitrogen and oxygen atoms in total. The van der Waals surface area contributed by atoms with Crippen LogP contribution in [0.4, 0.5) is 0 Å². The van der Waals surface area contributed by atoms with Crippen molar-refractivity contribution in [1.82, 2.24) is 4.90 Å². The van der Waals surface area contributed by atoms with E-state index in [9.17, 15) is 0 Å². The Balaban J connectivity index is 2.15. The van der Waals surface area contributed by atoms with Crippen molar-refractivity contribution >= 4 is 12.6 Å². The number of hydrogen-bond acceptors (Lipinski definition) is 2. The van der Waals surface area contributed by atoms with Gasteiger partial charge >= 0.3 is 0 Å². The first-order chi connectivity index (χ1) is 6.24. The molecule has 0 atom stereocenters. The van der Waals surface area contributed by atoms with Gasteiger partial charge < -0.3 is 4.90 Å². The maximum Gasteiger partial charge on any atom is -0.00110 e. The van der Waals surface area contributed by atoms with E-state index in [1.54, 1.807) is 0 Å². The van der Waals surface area contributed by atoms with Gasteiger partial charge in [-0.15, -0.1) is 0 Å². The van der Waals surface area contributed by atoms with Crippen LogP contribution >= 0.6 is 12.6 Å². The summed E-state index contributed by atoms with van der Waals surface area (Å²) in [5, 5.41) is 0. The van der Waals surface area contributed by atoms with Crippen LogP contribution in [-0.4, -0.2) is 30.3 Å². The van der Waals surface area contributed by atoms with Crippen molar-refractivity contribution in [1.29, 1.82) is 0 Å². The van der Waals surface area contributed by atoms with Gasteiger partial charge in [-0.1, -0.05) is 13.8 Å². The van der Waals surface area contributed by atoms with E-state index in [1.807, 2.05) is 0 Å². The summed E-state index contributed by atoms with van der Waals surface area (Å²) in [7, 11) is 0. The van der Waals surface area contributed by atoms with Gasteiger partial charge in [-0.3, -0.25) is 0 Å². The fraction of sp³-hybridized carbons (Fsp3) is 1.00. The first kappa shape index (κ1) is 11.4. The third-order valence-corrected chi connectivity index (χ3v) is 3.52. The van der Waals surface area contributed by atoms with Gasteiger partial charge in [0, 0.05) is 0 Å². The number of nitrogens with zero attached hydrogens (tertiary/aromatic N) is 1. The van der Waals surface area contributed by atoms with E-state index < -0.39 is 0 Å². The minimum Gasteiger partial charge on any atom is -0.303 e. The van der Waals surface area contributed by atoms with Crippen LogP contribution in [0.3, 0.4) is 0 Å². The zero-order valence-corrected chi connectivity index (χ0v) is 9.89. The molecule has 0 aliphatic carbocycles. The van der Waals surface area contributed by atoms with Crippen molar-refractivity contribution in [3.63, 3.8) is 0 Å². The second-order valence-corrected chi connectivity index (χ2v) is 4.95. The summed E-state index contributed by atoms with van der Waals surface area (Å²) in [6, 6.07) is 0. The number of rotatable bonds is 4. The fourth-order valence-electron chi connectivity index (χ4n) is 2.14. The number of likely N-dealkylation sites (tertiary alicyclic amines) is 1. The molecule has 1 aliphatic heterocycles. The lowest BCUT2D eigenvalue weighted by molar-refractivity contribution is 0.158. The second kappa shape index (κ2) is 5.92. The van der Waals surface area contributed by atoms with Crippen LogP contribution in [0.1, 0.15) is 33.1 Å². The lowest BCUT2D eigenvalue weighted by atomic mass is 9.87. The minimum absolute atomic E-state index is 0.882. The van der Waals surface area contributed by atoms with Crippen molar-refractivity contribution in [2.45, 2.75) is 33.1 Å². The summed E-state index contributed by atoms with van der Waals surface area (Å²) in [4.78, 5) is 2.59. The molecule has 0 saturated carbocycles. The molecule has 2 heteroatoms. The van der Waals surface area contributed by atoms with Crippen LogP contribution in [0.2, 0.25) is 0 Å². The molecule has 0 N–H and O–H groups in total. The van der Waals surface area contributed by atoms with Crippen molar-refractivity contribution in [2.75, 3.05) is 25.4 Å². The van der Waals surface area contributed by atoms with Gasteiger partial charge in [0.2, 0.25) is 0 Å². The number of piperidine rings is 1. The van der Waals surface area contributed by atoms with Gasteiger partial charge in [-0.2, -0.15) is 12.6 Å². The van der Waals surface area contributed by atoms with Gasteiger partial charge in [0.1, 0.15) is 0 Å². The zero-order valence-electron chi connectivity index (χ0n) is 9.00. The van der Waals surface area contributed by atoms with Crippen molar-refractivity contribution in [3.8, 4) is 0 Å². The maximum absolute atomic E-state index is 4.24. The highest BCUT2D eigenvalue weighted by molar-refractivity contribution is 7.80. The Labute approximate surface area is 88.3 Å². The molecule has 0 amide bonds. The van der Waals surface area contributed by atoms with Crippen molar-refractivity contribution < 1.29 is 0 Å². The molecule has 0 aromatic carbocycles. The van der Waals surface area contributed by atoms with Crippen LogP contribution in [0.25, 0.3) is 0 Å². The highest BCUT2D eigenvalue weighted by Crippen LogP contribution is 2.24. The largest absolute Gasteiger partial charge is 0.303 e. The van der Waals surface area contributed by atoms with Gasteiger partial charge in [0.15, 0.2) is 0 Å². The Morgan fingerprint density at radius 1 is 1.31 bits per heavy atom. The molecule has 1 rings (SSSR count). The molecular formula is C11H23NS. The van der Waals surface area contributed by atoms with Gasteiger partial charge in [-0.25, -0.2) is 0 Å². The van der Waals surface area contributed by atoms with Crippen LogP contribution < -0.4 is 0 Å². The minimum atomic E-state index is 0.882. The van der Waals surface area contributed by atoms with E-state index in [0.717, 1.165) is 17.6 Å². The van der Waals surface area contributed by atoms with Crippen LogP contribution in [0.5, 0.6) is 0 Å². The smallest absolute Gasteiger partial charge is 0.00110 e. The lowest BCUT2D eigenvalue weighted by Gasteiger charge is -2.33. The molecule has 0 aromatic heterocycles. The normalized spacial score (nSPS) is 21.2. The lowest BCUT2D eigenvalue weighted by Crippen LogP contribution is -2.35. The summed E-state index contributed by atoms with van der Waals surface area (Å²) >= 11 is 4.24. The third kappa shape index (κ3) is 3.90. The first-order valence-corrected chi connectivity index (χ1v) is 6.20. The van der Waals surface area contributed by atoms with E-state index in [2.05, 4.69) is 31.4 Å². The Kier molecular flexibility index (Phi) is 5.18. The molecule has 1 heterocycles. The number of thiol groups is 1. The van der Waals surface area contributed by atoms with Gasteiger partial charge in [0.05, 0.1) is 0 Å². The predicted octanol–water partition coefficient (Wildman–Crippen LogP) is 2.67. The van der Waals surface area contributed by atoms with E-state index in [-0.39, 0.29) is 0 Å². The second-order valence-electron chi connectivity index (χ2n) is 4.50. The average Bonchev–Trinajstić information content (AvgIpc) is 2.15. The summed E-state index contributed by atoms with van der Waals surface area (Å²) in [6.45, 7) is 8.60. The Morgan fingerprint density at radius 2 is 1.92 bits per heavy atom. The average molecular weight is 201 g/mol. The van der Waals surface area contributed by atoms with Crippen LogP contribution in [-0.2, 0) is 0 Å². The third-order valence-electron chi connectivity index (χ3n) is 3.21. The predicted molar refractivity (Wildman–Crippen MR) is 62.5 cm³/mol. The highest BCUT2D eigenvalue weighted by atomic mass is 32.1. The molecule has 78 valence electrons. The molecule has 1 fully saturated rings. The van der Waals surface area contributed by atoms with E-state index in [4.69, 9.17) is 0 Å². The van der Waals surface area contributed by atoms with E-state index >= 15 is 0 Å². The quantitative estimate of drug-likeness (QED) is 0.684. The maximum atomic E-state index is 4.24. The first-order valence-electron chi connectivity index (χ1n) is 5.57. The standard InChI is InChI=1S/C11H23NS/c1-10(2)11-4-7-12(8-5-11)6-3-9-13/h10-11,13H,3-9H2,1-2H3. The summed E-state index contributed by atoms with van der Waals surface area (Å²) < 4.78 is 0. The molecule has 1 saturated heterocycles. The summed E-state index contributed by atoms with van der Waals surface area (Å²) in [6.07, 6.45) is 4.06. The molecule has 1 aliphatic rings. The summed E-state index contributed by atoms with van der Waals surface area (Å²) in [5.74, 6) is 2.89. The van der Waals surface area contributed by atoms with Crippen molar-refractivity contribution in [2.24, 2.45) is 11.8 Å². The Bertz CT molecular complexity index is 128. The van der Waals surface area contributed by atoms with E-state index in [0.29, 0.717) is 0 Å². The molecule has 0 aromatic rings. The van der Waals surface area contributed by atoms with Crippen molar-refractivity contribution in [3.05, 3.63) is 0 Å². The van der Waals surface area contributed by atoms with Crippen LogP contribution in [0.15, 0.2) is 0 Å². The monoisotopic (exact) mass is 201 g/mol. The molecule has 0 unspecified atom stereocenters. The zero-order chi connectivity index (χ0) is 9.68. The topological polar surface area (TPSA) is 3.24 Å². The molecular weight excluding hydrogens is 178 g/mol. The highest BCUT2D eigenvalue weighted by Gasteiger charge is 2.20. The SMILES string of the molecule is CC(C)C1CCN(CCCS)CC1. The van der Waals surface area contributed by atoms with E-state index in [1.165, 1.54) is 38.9 Å². The molecule has 13 heavy (non-hydrogen) atoms. The van der Waals surface area contributed by atoms with Gasteiger partial charge in [-0.05, 0) is 56.5 Å². The molecule has 0 radical (unpaired) electrons. The molecule has 0 bridgehead atoms. The Hall–Kier alpha value is 0.310. The van der Waals surface area contributed by atoms with Gasteiger partial charge in [0.25, 0.3) is 0 Å². The molecule has 0 spiro atoms. The summed E-state index contributed by atoms with van der Waals surface area (Å²) in [5.41, 5.74) is 0. The van der Waals surface area contributed by atoms with Crippen LogP contribution in [0, 0.1) is 11.8 Å². The number of hydrogen-bond donors (Lipinski definition) is 1. The fourth-order valence-corrected chi connectivity index (χ4v) is 2.28. The Morgan fingerprint density at radius 3 is 2.38 bits per heavy atom.